The second-order valence-corrected chi connectivity index (χ2v) is 6.48. The number of oxazole rings is 1. The van der Waals surface area contributed by atoms with Crippen molar-refractivity contribution in [1.82, 2.24) is 10.3 Å². The molecule has 0 saturated heterocycles. The highest BCUT2D eigenvalue weighted by Crippen LogP contribution is 2.23. The van der Waals surface area contributed by atoms with Crippen molar-refractivity contribution in [2.24, 2.45) is 0 Å². The Hall–Kier alpha value is -3.08. The highest BCUT2D eigenvalue weighted by atomic mass is 16.5. The van der Waals surface area contributed by atoms with E-state index in [1.165, 1.54) is 0 Å². The monoisotopic (exact) mass is 364 g/mol. The molecule has 0 saturated carbocycles. The van der Waals surface area contributed by atoms with Gasteiger partial charge in [0, 0.05) is 12.1 Å². The Bertz CT molecular complexity index is 931. The molecule has 3 rings (SSSR count). The Labute approximate surface area is 159 Å². The molecule has 0 fully saturated rings. The maximum absolute atomic E-state index is 12.3. The van der Waals surface area contributed by atoms with Crippen molar-refractivity contribution in [2.75, 3.05) is 13.7 Å². The van der Waals surface area contributed by atoms with E-state index in [0.717, 1.165) is 22.4 Å². The minimum absolute atomic E-state index is 0.0721. The number of aromatic nitrogens is 1. The lowest BCUT2D eigenvalue weighted by Crippen LogP contribution is -2.27. The molecule has 1 aromatic heterocycles. The average molecular weight is 364 g/mol. The van der Waals surface area contributed by atoms with E-state index >= 15 is 0 Å². The van der Waals surface area contributed by atoms with Crippen molar-refractivity contribution in [3.8, 4) is 17.2 Å². The fraction of sp³-hybridized carbons (Fsp3) is 0.273. The Kier molecular flexibility index (Phi) is 5.91. The minimum atomic E-state index is -0.0721. The summed E-state index contributed by atoms with van der Waals surface area (Å²) in [6.07, 6.45) is 0.912. The molecule has 0 aliphatic carbocycles. The SMILES string of the molecule is COc1ccccc1CCNC(=O)Cc1nc(-c2cccc(C)c2)oc1C. The van der Waals surface area contributed by atoms with Gasteiger partial charge >= 0.3 is 0 Å². The number of amides is 1. The second kappa shape index (κ2) is 8.54. The number of hydrogen-bond acceptors (Lipinski definition) is 4. The lowest BCUT2D eigenvalue weighted by molar-refractivity contribution is -0.120. The minimum Gasteiger partial charge on any atom is -0.496 e. The fourth-order valence-corrected chi connectivity index (χ4v) is 2.95. The Morgan fingerprint density at radius 3 is 2.74 bits per heavy atom. The summed E-state index contributed by atoms with van der Waals surface area (Å²) >= 11 is 0. The zero-order chi connectivity index (χ0) is 19.2. The highest BCUT2D eigenvalue weighted by molar-refractivity contribution is 5.78. The molecule has 0 spiro atoms. The maximum atomic E-state index is 12.3. The third-order valence-corrected chi connectivity index (χ3v) is 4.39. The van der Waals surface area contributed by atoms with E-state index in [0.29, 0.717) is 30.3 Å². The van der Waals surface area contributed by atoms with E-state index in [1.54, 1.807) is 7.11 Å². The molecular formula is C22H24N2O3. The van der Waals surface area contributed by atoms with Crippen molar-refractivity contribution in [1.29, 1.82) is 0 Å². The average Bonchev–Trinajstić information content (AvgIpc) is 3.02. The van der Waals surface area contributed by atoms with Crippen molar-refractivity contribution in [3.63, 3.8) is 0 Å². The quantitative estimate of drug-likeness (QED) is 0.691. The van der Waals surface area contributed by atoms with Crippen molar-refractivity contribution in [3.05, 3.63) is 71.1 Å². The van der Waals surface area contributed by atoms with Gasteiger partial charge in [-0.1, -0.05) is 35.9 Å². The van der Waals surface area contributed by atoms with Gasteiger partial charge < -0.3 is 14.5 Å². The number of benzene rings is 2. The molecule has 1 amide bonds. The first kappa shape index (κ1) is 18.7. The summed E-state index contributed by atoms with van der Waals surface area (Å²) in [5, 5.41) is 2.94. The summed E-state index contributed by atoms with van der Waals surface area (Å²) < 4.78 is 11.1. The van der Waals surface area contributed by atoms with Crippen LogP contribution < -0.4 is 10.1 Å². The molecule has 5 nitrogen and oxygen atoms in total. The van der Waals surface area contributed by atoms with Crippen molar-refractivity contribution >= 4 is 5.91 Å². The molecule has 2 aromatic carbocycles. The van der Waals surface area contributed by atoms with Gasteiger partial charge in [0.25, 0.3) is 0 Å². The van der Waals surface area contributed by atoms with Crippen LogP contribution in [-0.4, -0.2) is 24.5 Å². The highest BCUT2D eigenvalue weighted by Gasteiger charge is 2.15. The van der Waals surface area contributed by atoms with Gasteiger partial charge in [0.2, 0.25) is 11.8 Å². The number of aryl methyl sites for hydroxylation is 2. The maximum Gasteiger partial charge on any atom is 0.226 e. The summed E-state index contributed by atoms with van der Waals surface area (Å²) in [5.74, 6) is 1.98. The number of carbonyl (C=O) groups is 1. The first-order valence-electron chi connectivity index (χ1n) is 8.98. The molecule has 27 heavy (non-hydrogen) atoms. The Morgan fingerprint density at radius 1 is 1.15 bits per heavy atom. The van der Waals surface area contributed by atoms with Crippen LogP contribution in [0, 0.1) is 13.8 Å². The molecule has 0 bridgehead atoms. The van der Waals surface area contributed by atoms with Crippen LogP contribution in [0.4, 0.5) is 0 Å². The molecule has 1 N–H and O–H groups in total. The van der Waals surface area contributed by atoms with Crippen LogP contribution in [0.2, 0.25) is 0 Å². The van der Waals surface area contributed by atoms with E-state index in [9.17, 15) is 4.79 Å². The van der Waals surface area contributed by atoms with Gasteiger partial charge in [-0.2, -0.15) is 0 Å². The van der Waals surface area contributed by atoms with Crippen LogP contribution in [0.5, 0.6) is 5.75 Å². The van der Waals surface area contributed by atoms with Crippen LogP contribution >= 0.6 is 0 Å². The lowest BCUT2D eigenvalue weighted by atomic mass is 10.1. The standard InChI is InChI=1S/C22H24N2O3/c1-15-7-6-9-18(13-15)22-24-19(16(2)27-22)14-21(25)23-12-11-17-8-4-5-10-20(17)26-3/h4-10,13H,11-12,14H2,1-3H3,(H,23,25). The molecule has 3 aromatic rings. The fourth-order valence-electron chi connectivity index (χ4n) is 2.95. The van der Waals surface area contributed by atoms with E-state index in [-0.39, 0.29) is 12.3 Å². The zero-order valence-electron chi connectivity index (χ0n) is 15.9. The first-order valence-corrected chi connectivity index (χ1v) is 8.98. The number of para-hydroxylation sites is 1. The van der Waals surface area contributed by atoms with Gasteiger partial charge in [-0.15, -0.1) is 0 Å². The number of rotatable bonds is 7. The number of methoxy groups -OCH3 is 1. The van der Waals surface area contributed by atoms with Crippen LogP contribution in [0.15, 0.2) is 52.9 Å². The topological polar surface area (TPSA) is 64.4 Å². The summed E-state index contributed by atoms with van der Waals surface area (Å²) in [7, 11) is 1.65. The number of nitrogens with zero attached hydrogens (tertiary/aromatic N) is 1. The van der Waals surface area contributed by atoms with E-state index in [2.05, 4.69) is 10.3 Å². The third kappa shape index (κ3) is 4.76. The Balaban J connectivity index is 1.58. The summed E-state index contributed by atoms with van der Waals surface area (Å²) in [6.45, 7) is 4.40. The predicted molar refractivity (Wildman–Crippen MR) is 105 cm³/mol. The summed E-state index contributed by atoms with van der Waals surface area (Å²) in [4.78, 5) is 16.8. The van der Waals surface area contributed by atoms with Crippen LogP contribution in [0.1, 0.15) is 22.6 Å². The van der Waals surface area contributed by atoms with Crippen LogP contribution in [0.3, 0.4) is 0 Å². The zero-order valence-corrected chi connectivity index (χ0v) is 15.9. The smallest absolute Gasteiger partial charge is 0.226 e. The number of nitrogens with one attached hydrogen (secondary N) is 1. The van der Waals surface area contributed by atoms with E-state index in [1.807, 2.05) is 62.4 Å². The van der Waals surface area contributed by atoms with Gasteiger partial charge in [-0.25, -0.2) is 4.98 Å². The van der Waals surface area contributed by atoms with Crippen LogP contribution in [0.25, 0.3) is 11.5 Å². The normalized spacial score (nSPS) is 10.6. The number of carbonyl (C=O) groups excluding carboxylic acids is 1. The molecule has 5 heteroatoms. The van der Waals surface area contributed by atoms with Crippen molar-refractivity contribution < 1.29 is 13.9 Å². The Morgan fingerprint density at radius 2 is 1.96 bits per heavy atom. The molecular weight excluding hydrogens is 340 g/mol. The summed E-state index contributed by atoms with van der Waals surface area (Å²) in [6, 6.07) is 15.8. The van der Waals surface area contributed by atoms with Crippen molar-refractivity contribution in [2.45, 2.75) is 26.7 Å². The molecule has 0 radical (unpaired) electrons. The first-order chi connectivity index (χ1) is 13.1. The second-order valence-electron chi connectivity index (χ2n) is 6.48. The van der Waals surface area contributed by atoms with Crippen LogP contribution in [-0.2, 0) is 17.6 Å². The largest absolute Gasteiger partial charge is 0.496 e. The molecule has 0 atom stereocenters. The molecule has 0 unspecified atom stereocenters. The van der Waals surface area contributed by atoms with E-state index in [4.69, 9.17) is 9.15 Å². The van der Waals surface area contributed by atoms with E-state index < -0.39 is 0 Å². The third-order valence-electron chi connectivity index (χ3n) is 4.39. The molecule has 140 valence electrons. The van der Waals surface area contributed by atoms with Gasteiger partial charge in [0.1, 0.15) is 11.5 Å². The number of ether oxygens (including phenoxy) is 1. The molecule has 0 aliphatic rings. The molecule has 0 aliphatic heterocycles. The van der Waals surface area contributed by atoms with Gasteiger partial charge in [0.05, 0.1) is 19.2 Å². The predicted octanol–water partition coefficient (Wildman–Crippen LogP) is 3.87. The number of hydrogen-bond donors (Lipinski definition) is 1. The van der Waals surface area contributed by atoms with Gasteiger partial charge in [-0.3, -0.25) is 4.79 Å². The van der Waals surface area contributed by atoms with Gasteiger partial charge in [-0.05, 0) is 44.0 Å². The van der Waals surface area contributed by atoms with Gasteiger partial charge in [0.15, 0.2) is 0 Å². The lowest BCUT2D eigenvalue weighted by Gasteiger charge is -2.08. The molecule has 1 heterocycles. The summed E-state index contributed by atoms with van der Waals surface area (Å²) in [5.41, 5.74) is 3.79.